The predicted octanol–water partition coefficient (Wildman–Crippen LogP) is 1.66. The number of nitrogens with two attached hydrogens (primary N) is 1. The smallest absolute Gasteiger partial charge is 0.237 e. The third-order valence-corrected chi connectivity index (χ3v) is 3.94. The summed E-state index contributed by atoms with van der Waals surface area (Å²) in [6.07, 6.45) is 9.97. The van der Waals surface area contributed by atoms with Gasteiger partial charge in [0.15, 0.2) is 0 Å². The fourth-order valence-electron chi connectivity index (χ4n) is 2.66. The van der Waals surface area contributed by atoms with E-state index >= 15 is 0 Å². The standard InChI is InChI=1S/C15H29N3O/c1-3-8-14(16)15(19)17-11-7-12-18(2)13-9-5-4-6-10-13/h3,13-14H,1,4-12,16H2,2H3,(H,17,19). The molecular weight excluding hydrogens is 238 g/mol. The average molecular weight is 267 g/mol. The summed E-state index contributed by atoms with van der Waals surface area (Å²) in [5.74, 6) is -0.0692. The van der Waals surface area contributed by atoms with E-state index in [0.717, 1.165) is 19.0 Å². The first-order chi connectivity index (χ1) is 9.15. The maximum Gasteiger partial charge on any atom is 0.237 e. The van der Waals surface area contributed by atoms with Crippen LogP contribution in [0.5, 0.6) is 0 Å². The van der Waals surface area contributed by atoms with Gasteiger partial charge < -0.3 is 16.0 Å². The van der Waals surface area contributed by atoms with E-state index in [1.165, 1.54) is 32.1 Å². The lowest BCUT2D eigenvalue weighted by molar-refractivity contribution is -0.122. The molecule has 1 aliphatic rings. The molecule has 0 aromatic heterocycles. The lowest BCUT2D eigenvalue weighted by Gasteiger charge is -2.31. The minimum Gasteiger partial charge on any atom is -0.355 e. The summed E-state index contributed by atoms with van der Waals surface area (Å²) < 4.78 is 0. The van der Waals surface area contributed by atoms with Crippen molar-refractivity contribution in [2.45, 2.75) is 57.0 Å². The van der Waals surface area contributed by atoms with Crippen LogP contribution in [0.2, 0.25) is 0 Å². The van der Waals surface area contributed by atoms with Crippen LogP contribution in [0.15, 0.2) is 12.7 Å². The van der Waals surface area contributed by atoms with Gasteiger partial charge in [-0.15, -0.1) is 6.58 Å². The second-order valence-corrected chi connectivity index (χ2v) is 5.55. The second-order valence-electron chi connectivity index (χ2n) is 5.55. The zero-order valence-corrected chi connectivity index (χ0v) is 12.2. The molecule has 1 atom stereocenters. The summed E-state index contributed by atoms with van der Waals surface area (Å²) in [4.78, 5) is 14.0. The van der Waals surface area contributed by atoms with Gasteiger partial charge in [0, 0.05) is 12.6 Å². The summed E-state index contributed by atoms with van der Waals surface area (Å²) in [5, 5.41) is 2.89. The van der Waals surface area contributed by atoms with Crippen LogP contribution in [0, 0.1) is 0 Å². The number of carbonyl (C=O) groups excluding carboxylic acids is 1. The zero-order valence-electron chi connectivity index (χ0n) is 12.2. The van der Waals surface area contributed by atoms with Gasteiger partial charge in [0.2, 0.25) is 5.91 Å². The molecule has 110 valence electrons. The summed E-state index contributed by atoms with van der Waals surface area (Å²) in [5.41, 5.74) is 5.69. The fraction of sp³-hybridized carbons (Fsp3) is 0.800. The predicted molar refractivity (Wildman–Crippen MR) is 79.9 cm³/mol. The zero-order chi connectivity index (χ0) is 14.1. The van der Waals surface area contributed by atoms with Crippen LogP contribution < -0.4 is 11.1 Å². The molecule has 0 spiro atoms. The molecule has 4 nitrogen and oxygen atoms in total. The van der Waals surface area contributed by atoms with Crippen molar-refractivity contribution in [2.75, 3.05) is 20.1 Å². The maximum absolute atomic E-state index is 11.6. The first-order valence-electron chi connectivity index (χ1n) is 7.49. The van der Waals surface area contributed by atoms with Gasteiger partial charge in [-0.2, -0.15) is 0 Å². The van der Waals surface area contributed by atoms with Crippen LogP contribution in [0.3, 0.4) is 0 Å². The van der Waals surface area contributed by atoms with Gasteiger partial charge in [-0.3, -0.25) is 4.79 Å². The Morgan fingerprint density at radius 2 is 2.16 bits per heavy atom. The minimum absolute atomic E-state index is 0.0692. The highest BCUT2D eigenvalue weighted by atomic mass is 16.2. The number of hydrogen-bond acceptors (Lipinski definition) is 3. The van der Waals surface area contributed by atoms with Crippen molar-refractivity contribution in [3.05, 3.63) is 12.7 Å². The van der Waals surface area contributed by atoms with Gasteiger partial charge in [0.05, 0.1) is 6.04 Å². The Kier molecular flexibility index (Phi) is 7.75. The molecule has 0 aromatic carbocycles. The Balaban J connectivity index is 2.09. The lowest BCUT2D eigenvalue weighted by Crippen LogP contribution is -2.41. The van der Waals surface area contributed by atoms with E-state index in [4.69, 9.17) is 5.73 Å². The minimum atomic E-state index is -0.450. The molecule has 1 rings (SSSR count). The van der Waals surface area contributed by atoms with Gasteiger partial charge in [-0.05, 0) is 39.3 Å². The van der Waals surface area contributed by atoms with Gasteiger partial charge in [-0.25, -0.2) is 0 Å². The average Bonchev–Trinajstić information content (AvgIpc) is 2.44. The summed E-state index contributed by atoms with van der Waals surface area (Å²) in [7, 11) is 2.20. The Hall–Kier alpha value is -0.870. The molecule has 4 heteroatoms. The van der Waals surface area contributed by atoms with Crippen LogP contribution in [-0.4, -0.2) is 43.0 Å². The summed E-state index contributed by atoms with van der Waals surface area (Å²) in [6, 6.07) is 0.293. The molecule has 0 bridgehead atoms. The van der Waals surface area contributed by atoms with E-state index in [-0.39, 0.29) is 5.91 Å². The van der Waals surface area contributed by atoms with Gasteiger partial charge in [-0.1, -0.05) is 25.3 Å². The van der Waals surface area contributed by atoms with Crippen LogP contribution in [-0.2, 0) is 4.79 Å². The number of hydrogen-bond donors (Lipinski definition) is 2. The van der Waals surface area contributed by atoms with E-state index in [1.807, 2.05) is 0 Å². The molecule has 0 saturated heterocycles. The molecule has 0 aliphatic heterocycles. The van der Waals surface area contributed by atoms with E-state index in [9.17, 15) is 4.79 Å². The normalized spacial score (nSPS) is 18.3. The Morgan fingerprint density at radius 1 is 1.47 bits per heavy atom. The van der Waals surface area contributed by atoms with Crippen LogP contribution in [0.25, 0.3) is 0 Å². The molecule has 1 aliphatic carbocycles. The first-order valence-corrected chi connectivity index (χ1v) is 7.49. The highest BCUT2D eigenvalue weighted by Crippen LogP contribution is 2.21. The van der Waals surface area contributed by atoms with E-state index < -0.39 is 6.04 Å². The van der Waals surface area contributed by atoms with Crippen LogP contribution in [0.4, 0.5) is 0 Å². The second kappa shape index (κ2) is 9.10. The largest absolute Gasteiger partial charge is 0.355 e. The molecule has 1 unspecified atom stereocenters. The first kappa shape index (κ1) is 16.2. The SMILES string of the molecule is C=CCC(N)C(=O)NCCCN(C)C1CCCCC1. The van der Waals surface area contributed by atoms with Crippen molar-refractivity contribution in [3.8, 4) is 0 Å². The number of nitrogens with one attached hydrogen (secondary N) is 1. The van der Waals surface area contributed by atoms with E-state index in [0.29, 0.717) is 13.0 Å². The number of rotatable bonds is 8. The van der Waals surface area contributed by atoms with Crippen molar-refractivity contribution >= 4 is 5.91 Å². The number of nitrogens with zero attached hydrogens (tertiary/aromatic N) is 1. The highest BCUT2D eigenvalue weighted by molar-refractivity contribution is 5.81. The maximum atomic E-state index is 11.6. The molecule has 0 radical (unpaired) electrons. The third kappa shape index (κ3) is 6.21. The van der Waals surface area contributed by atoms with Gasteiger partial charge in [0.1, 0.15) is 0 Å². The Morgan fingerprint density at radius 3 is 2.79 bits per heavy atom. The topological polar surface area (TPSA) is 58.4 Å². The van der Waals surface area contributed by atoms with Crippen molar-refractivity contribution in [3.63, 3.8) is 0 Å². The van der Waals surface area contributed by atoms with Crippen molar-refractivity contribution in [1.29, 1.82) is 0 Å². The van der Waals surface area contributed by atoms with Crippen LogP contribution >= 0.6 is 0 Å². The molecular formula is C15H29N3O. The monoisotopic (exact) mass is 267 g/mol. The van der Waals surface area contributed by atoms with Crippen molar-refractivity contribution in [2.24, 2.45) is 5.73 Å². The molecule has 1 amide bonds. The Bertz CT molecular complexity index is 275. The quantitative estimate of drug-likeness (QED) is 0.519. The fourth-order valence-corrected chi connectivity index (χ4v) is 2.66. The van der Waals surface area contributed by atoms with Crippen molar-refractivity contribution in [1.82, 2.24) is 10.2 Å². The Labute approximate surface area is 117 Å². The number of carbonyl (C=O) groups is 1. The molecule has 0 heterocycles. The third-order valence-electron chi connectivity index (χ3n) is 3.94. The van der Waals surface area contributed by atoms with Crippen LogP contribution in [0.1, 0.15) is 44.9 Å². The lowest BCUT2D eigenvalue weighted by atomic mass is 9.94. The molecule has 0 aromatic rings. The molecule has 3 N–H and O–H groups in total. The number of amides is 1. The van der Waals surface area contributed by atoms with Gasteiger partial charge in [0.25, 0.3) is 0 Å². The highest BCUT2D eigenvalue weighted by Gasteiger charge is 2.17. The summed E-state index contributed by atoms with van der Waals surface area (Å²) >= 11 is 0. The van der Waals surface area contributed by atoms with Gasteiger partial charge >= 0.3 is 0 Å². The molecule has 1 fully saturated rings. The summed E-state index contributed by atoms with van der Waals surface area (Å²) in [6.45, 7) is 5.34. The molecule has 19 heavy (non-hydrogen) atoms. The van der Waals surface area contributed by atoms with Crippen molar-refractivity contribution < 1.29 is 4.79 Å². The van der Waals surface area contributed by atoms with E-state index in [2.05, 4.69) is 23.8 Å². The molecule has 1 saturated carbocycles. The van der Waals surface area contributed by atoms with E-state index in [1.54, 1.807) is 6.08 Å².